The lowest BCUT2D eigenvalue weighted by Crippen LogP contribution is -2.29. The summed E-state index contributed by atoms with van der Waals surface area (Å²) in [5.41, 5.74) is 0.168. The third kappa shape index (κ3) is 4.04. The molecule has 118 valence electrons. The monoisotopic (exact) mass is 353 g/mol. The average molecular weight is 354 g/mol. The van der Waals surface area contributed by atoms with Crippen LogP contribution < -0.4 is 5.32 Å². The Morgan fingerprint density at radius 3 is 2.71 bits per heavy atom. The number of H-pyrrole nitrogens is 1. The molecule has 1 aliphatic carbocycles. The summed E-state index contributed by atoms with van der Waals surface area (Å²) in [4.78, 5) is 11.8. The lowest BCUT2D eigenvalue weighted by Gasteiger charge is -2.04. The molecule has 1 aromatic heterocycles. The molecule has 1 amide bonds. The molecule has 2 rings (SSSR count). The van der Waals surface area contributed by atoms with Gasteiger partial charge in [-0.3, -0.25) is 14.1 Å². The van der Waals surface area contributed by atoms with Gasteiger partial charge in [0.2, 0.25) is 0 Å². The molecule has 10 heteroatoms. The first-order chi connectivity index (χ1) is 9.84. The van der Waals surface area contributed by atoms with Crippen LogP contribution in [0.3, 0.4) is 0 Å². The van der Waals surface area contributed by atoms with Gasteiger partial charge in [0.15, 0.2) is 5.69 Å². The number of carbonyl (C=O) groups excluding carboxylic acids is 1. The molecule has 0 radical (unpaired) electrons. The molecule has 21 heavy (non-hydrogen) atoms. The molecular weight excluding hydrogens is 338 g/mol. The van der Waals surface area contributed by atoms with Crippen LogP contribution in [0.25, 0.3) is 0 Å². The molecule has 1 atom stereocenters. The summed E-state index contributed by atoms with van der Waals surface area (Å²) in [5.74, 6) is 0.247. The van der Waals surface area contributed by atoms with Crippen molar-refractivity contribution in [2.45, 2.75) is 30.6 Å². The fourth-order valence-corrected chi connectivity index (χ4v) is 3.83. The minimum atomic E-state index is -4.06. The van der Waals surface area contributed by atoms with Gasteiger partial charge in [0.05, 0.1) is 5.69 Å². The Kier molecular flexibility index (Phi) is 5.05. The fourth-order valence-electron chi connectivity index (χ4n) is 1.90. The molecule has 7 nitrogen and oxygen atoms in total. The lowest BCUT2D eigenvalue weighted by molar-refractivity contribution is 0.0948. The first kappa shape index (κ1) is 16.4. The molecule has 1 saturated carbocycles. The Morgan fingerprint density at radius 2 is 2.19 bits per heavy atom. The predicted molar refractivity (Wildman–Crippen MR) is 79.5 cm³/mol. The summed E-state index contributed by atoms with van der Waals surface area (Å²) in [6.45, 7) is 1.97. The maximum atomic E-state index is 12.0. The molecule has 0 spiro atoms. The van der Waals surface area contributed by atoms with E-state index in [2.05, 4.69) is 15.5 Å². The first-order valence-corrected chi connectivity index (χ1v) is 10.3. The minimum absolute atomic E-state index is 0.0650. The van der Waals surface area contributed by atoms with Crippen LogP contribution in [0.1, 0.15) is 41.9 Å². The molecule has 2 N–H and O–H groups in total. The number of halogens is 1. The second-order valence-electron chi connectivity index (χ2n) is 4.72. The van der Waals surface area contributed by atoms with Gasteiger partial charge in [-0.15, -0.1) is 0 Å². The van der Waals surface area contributed by atoms with Gasteiger partial charge in [-0.25, -0.2) is 8.42 Å². The Balaban J connectivity index is 2.16. The number of hydrogen-bond acceptors (Lipinski definition) is 5. The van der Waals surface area contributed by atoms with Crippen molar-refractivity contribution in [2.24, 2.45) is 0 Å². The predicted octanol–water partition coefficient (Wildman–Crippen LogP) is 0.713. The van der Waals surface area contributed by atoms with E-state index in [0.29, 0.717) is 17.2 Å². The summed E-state index contributed by atoms with van der Waals surface area (Å²) < 4.78 is 34.6. The fraction of sp³-hybridized carbons (Fsp3) is 0.636. The van der Waals surface area contributed by atoms with Crippen molar-refractivity contribution in [3.8, 4) is 0 Å². The molecule has 1 heterocycles. The van der Waals surface area contributed by atoms with Gasteiger partial charge in [-0.2, -0.15) is 5.10 Å². The molecule has 1 aromatic rings. The van der Waals surface area contributed by atoms with Gasteiger partial charge in [-0.05, 0) is 12.8 Å². The highest BCUT2D eigenvalue weighted by molar-refractivity contribution is 8.13. The molecule has 1 unspecified atom stereocenters. The van der Waals surface area contributed by atoms with Crippen LogP contribution in [-0.4, -0.2) is 46.8 Å². The zero-order chi connectivity index (χ0) is 15.6. The third-order valence-electron chi connectivity index (χ3n) is 3.13. The number of rotatable bonds is 7. The number of nitrogens with zero attached hydrogens (tertiary/aromatic N) is 1. The van der Waals surface area contributed by atoms with Gasteiger partial charge in [-0.1, -0.05) is 6.92 Å². The Labute approximate surface area is 129 Å². The molecule has 0 aromatic carbocycles. The maximum absolute atomic E-state index is 12.0. The number of carbonyl (C=O) groups is 1. The summed E-state index contributed by atoms with van der Waals surface area (Å²) in [6.07, 6.45) is 1.69. The highest BCUT2D eigenvalue weighted by atomic mass is 35.7. The number of aromatic amines is 1. The van der Waals surface area contributed by atoms with Gasteiger partial charge in [0, 0.05) is 45.5 Å². The van der Waals surface area contributed by atoms with E-state index in [1.54, 1.807) is 6.92 Å². The quantitative estimate of drug-likeness (QED) is 0.702. The van der Waals surface area contributed by atoms with E-state index in [9.17, 15) is 17.4 Å². The van der Waals surface area contributed by atoms with E-state index >= 15 is 0 Å². The number of hydrogen-bond donors (Lipinski definition) is 2. The van der Waals surface area contributed by atoms with Crippen molar-refractivity contribution in [3.05, 3.63) is 11.4 Å². The minimum Gasteiger partial charge on any atom is -0.350 e. The third-order valence-corrected chi connectivity index (χ3v) is 5.80. The molecule has 0 saturated heterocycles. The molecule has 0 bridgehead atoms. The van der Waals surface area contributed by atoms with E-state index < -0.39 is 25.8 Å². The van der Waals surface area contributed by atoms with Crippen molar-refractivity contribution < 1.29 is 17.4 Å². The van der Waals surface area contributed by atoms with Crippen molar-refractivity contribution >= 4 is 36.4 Å². The Morgan fingerprint density at radius 1 is 1.52 bits per heavy atom. The highest BCUT2D eigenvalue weighted by Gasteiger charge is 2.36. The van der Waals surface area contributed by atoms with Crippen molar-refractivity contribution in [3.63, 3.8) is 0 Å². The molecule has 0 aliphatic heterocycles. The van der Waals surface area contributed by atoms with Crippen LogP contribution in [0, 0.1) is 0 Å². The van der Waals surface area contributed by atoms with Crippen molar-refractivity contribution in [2.75, 3.05) is 18.1 Å². The van der Waals surface area contributed by atoms with Crippen LogP contribution in [0.2, 0.25) is 0 Å². The number of aromatic nitrogens is 2. The Bertz CT molecular complexity index is 667. The normalized spacial score (nSPS) is 16.7. The smallest absolute Gasteiger partial charge is 0.273 e. The summed E-state index contributed by atoms with van der Waals surface area (Å²) >= 11 is 0. The number of amides is 1. The van der Waals surface area contributed by atoms with Crippen LogP contribution in [0.4, 0.5) is 0 Å². The van der Waals surface area contributed by atoms with Crippen molar-refractivity contribution in [1.29, 1.82) is 0 Å². The zero-order valence-electron chi connectivity index (χ0n) is 11.4. The van der Waals surface area contributed by atoms with E-state index in [-0.39, 0.29) is 23.1 Å². The van der Waals surface area contributed by atoms with E-state index in [1.165, 1.54) is 0 Å². The van der Waals surface area contributed by atoms with Crippen LogP contribution in [-0.2, 0) is 19.9 Å². The second kappa shape index (κ2) is 6.45. The van der Waals surface area contributed by atoms with Gasteiger partial charge >= 0.3 is 0 Å². The van der Waals surface area contributed by atoms with E-state index in [4.69, 9.17) is 10.7 Å². The second-order valence-corrected chi connectivity index (χ2v) is 9.08. The topological polar surface area (TPSA) is 109 Å². The SMILES string of the molecule is CCS(=O)CCNC(=O)c1n[nH]c(C2CC2)c1S(=O)(=O)Cl. The lowest BCUT2D eigenvalue weighted by atomic mass is 10.2. The van der Waals surface area contributed by atoms with Gasteiger partial charge in [0.1, 0.15) is 4.90 Å². The molecular formula is C11H16ClN3O4S2. The molecule has 1 aliphatic rings. The number of nitrogens with one attached hydrogen (secondary N) is 2. The van der Waals surface area contributed by atoms with Crippen LogP contribution in [0.5, 0.6) is 0 Å². The van der Waals surface area contributed by atoms with E-state index in [0.717, 1.165) is 12.8 Å². The maximum Gasteiger partial charge on any atom is 0.273 e. The highest BCUT2D eigenvalue weighted by Crippen LogP contribution is 2.43. The van der Waals surface area contributed by atoms with Crippen LogP contribution in [0.15, 0.2) is 4.90 Å². The Hall–Kier alpha value is -0.930. The average Bonchev–Trinajstić information content (AvgIpc) is 3.15. The zero-order valence-corrected chi connectivity index (χ0v) is 13.8. The van der Waals surface area contributed by atoms with Gasteiger partial charge in [0.25, 0.3) is 15.0 Å². The standard InChI is InChI=1S/C11H16ClN3O4S2/c1-2-20(17)6-5-13-11(16)9-10(21(12,18)19)8(14-15-9)7-3-4-7/h7H,2-6H2,1H3,(H,13,16)(H,14,15). The summed E-state index contributed by atoms with van der Waals surface area (Å²) in [6, 6.07) is 0. The summed E-state index contributed by atoms with van der Waals surface area (Å²) in [7, 11) is 0.356. The van der Waals surface area contributed by atoms with Crippen molar-refractivity contribution in [1.82, 2.24) is 15.5 Å². The van der Waals surface area contributed by atoms with E-state index in [1.807, 2.05) is 0 Å². The first-order valence-electron chi connectivity index (χ1n) is 6.50. The summed E-state index contributed by atoms with van der Waals surface area (Å²) in [5, 5.41) is 8.90. The van der Waals surface area contributed by atoms with Gasteiger partial charge < -0.3 is 5.32 Å². The largest absolute Gasteiger partial charge is 0.350 e. The molecule has 1 fully saturated rings. The van der Waals surface area contributed by atoms with Crippen LogP contribution >= 0.6 is 10.7 Å².